The summed E-state index contributed by atoms with van der Waals surface area (Å²) in [6.45, 7) is 4.61. The van der Waals surface area contributed by atoms with Crippen LogP contribution in [0.15, 0.2) is 52.4 Å². The highest BCUT2D eigenvalue weighted by atomic mass is 127. The second-order valence-electron chi connectivity index (χ2n) is 5.44. The van der Waals surface area contributed by atoms with Gasteiger partial charge in [0.25, 0.3) is 5.91 Å². The lowest BCUT2D eigenvalue weighted by Gasteiger charge is -2.06. The molecule has 0 aliphatic carbocycles. The maximum atomic E-state index is 12.2. The van der Waals surface area contributed by atoms with Crippen molar-refractivity contribution >= 4 is 57.2 Å². The van der Waals surface area contributed by atoms with E-state index in [9.17, 15) is 4.79 Å². The molecule has 1 aliphatic rings. The number of carbonyl (C=O) groups excluding carboxylic acids is 1. The summed E-state index contributed by atoms with van der Waals surface area (Å²) in [6.07, 6.45) is 1.87. The van der Waals surface area contributed by atoms with Crippen molar-refractivity contribution in [2.24, 2.45) is 4.99 Å². The van der Waals surface area contributed by atoms with Gasteiger partial charge < -0.3 is 10.1 Å². The first-order valence-corrected chi connectivity index (χ1v) is 9.73. The zero-order valence-corrected chi connectivity index (χ0v) is 16.8. The average molecular weight is 464 g/mol. The monoisotopic (exact) mass is 464 g/mol. The Hall–Kier alpha value is -1.80. The normalized spacial score (nSPS) is 17.2. The number of benzene rings is 2. The summed E-state index contributed by atoms with van der Waals surface area (Å²) >= 11 is 3.59. The van der Waals surface area contributed by atoms with Gasteiger partial charge in [0.15, 0.2) is 5.17 Å². The SMILES string of the molecule is CCOc1ccc(/C=C2\SC(=Nc3cccc(C)c3)NC2=O)cc1I. The quantitative estimate of drug-likeness (QED) is 0.518. The van der Waals surface area contributed by atoms with Gasteiger partial charge in [0.1, 0.15) is 5.75 Å². The Bertz CT molecular complexity index is 877. The molecule has 1 aliphatic heterocycles. The fourth-order valence-electron chi connectivity index (χ4n) is 2.33. The smallest absolute Gasteiger partial charge is 0.264 e. The molecular weight excluding hydrogens is 447 g/mol. The highest BCUT2D eigenvalue weighted by Crippen LogP contribution is 2.30. The molecule has 4 nitrogen and oxygen atoms in total. The number of nitrogens with zero attached hydrogens (tertiary/aromatic N) is 1. The molecule has 1 saturated heterocycles. The first-order valence-electron chi connectivity index (χ1n) is 7.84. The second-order valence-corrected chi connectivity index (χ2v) is 7.64. The van der Waals surface area contributed by atoms with Gasteiger partial charge in [0, 0.05) is 0 Å². The van der Waals surface area contributed by atoms with E-state index in [1.807, 2.05) is 62.4 Å². The number of hydrogen-bond donors (Lipinski definition) is 1. The molecule has 1 amide bonds. The number of ether oxygens (including phenoxy) is 1. The lowest BCUT2D eigenvalue weighted by atomic mass is 10.2. The molecule has 1 N–H and O–H groups in total. The molecule has 128 valence electrons. The van der Waals surface area contributed by atoms with Crippen LogP contribution in [0.25, 0.3) is 6.08 Å². The number of thioether (sulfide) groups is 1. The van der Waals surface area contributed by atoms with Crippen LogP contribution >= 0.6 is 34.4 Å². The summed E-state index contributed by atoms with van der Waals surface area (Å²) in [7, 11) is 0. The van der Waals surface area contributed by atoms with Crippen molar-refractivity contribution < 1.29 is 9.53 Å². The fraction of sp³-hybridized carbons (Fsp3) is 0.158. The molecule has 0 aromatic heterocycles. The minimum atomic E-state index is -0.125. The third kappa shape index (κ3) is 4.64. The Morgan fingerprint density at radius 2 is 2.12 bits per heavy atom. The number of carbonyl (C=O) groups is 1. The highest BCUT2D eigenvalue weighted by molar-refractivity contribution is 14.1. The zero-order valence-electron chi connectivity index (χ0n) is 13.9. The van der Waals surface area contributed by atoms with Crippen molar-refractivity contribution in [3.63, 3.8) is 0 Å². The lowest BCUT2D eigenvalue weighted by Crippen LogP contribution is -2.19. The van der Waals surface area contributed by atoms with Crippen molar-refractivity contribution in [3.8, 4) is 5.75 Å². The largest absolute Gasteiger partial charge is 0.493 e. The van der Waals surface area contributed by atoms with Crippen LogP contribution in [-0.4, -0.2) is 17.7 Å². The minimum absolute atomic E-state index is 0.125. The number of amides is 1. The molecule has 1 heterocycles. The molecule has 2 aromatic carbocycles. The van der Waals surface area contributed by atoms with Gasteiger partial charge in [0.05, 0.1) is 20.8 Å². The number of amidine groups is 1. The van der Waals surface area contributed by atoms with Gasteiger partial charge in [-0.3, -0.25) is 4.79 Å². The van der Waals surface area contributed by atoms with E-state index in [0.717, 1.165) is 26.1 Å². The van der Waals surface area contributed by atoms with Crippen molar-refractivity contribution in [1.82, 2.24) is 5.32 Å². The minimum Gasteiger partial charge on any atom is -0.493 e. The van der Waals surface area contributed by atoms with Gasteiger partial charge in [-0.15, -0.1) is 0 Å². The summed E-state index contributed by atoms with van der Waals surface area (Å²) in [6, 6.07) is 13.7. The van der Waals surface area contributed by atoms with E-state index in [0.29, 0.717) is 16.7 Å². The van der Waals surface area contributed by atoms with E-state index in [-0.39, 0.29) is 5.91 Å². The average Bonchev–Trinajstić information content (AvgIpc) is 2.89. The van der Waals surface area contributed by atoms with Crippen molar-refractivity contribution in [3.05, 3.63) is 62.1 Å². The predicted molar refractivity (Wildman–Crippen MR) is 112 cm³/mol. The number of nitrogens with one attached hydrogen (secondary N) is 1. The third-order valence-electron chi connectivity index (χ3n) is 3.44. The fourth-order valence-corrected chi connectivity index (χ4v) is 3.86. The first kappa shape index (κ1) is 18.0. The van der Waals surface area contributed by atoms with Crippen molar-refractivity contribution in [1.29, 1.82) is 0 Å². The maximum Gasteiger partial charge on any atom is 0.264 e. The van der Waals surface area contributed by atoms with Gasteiger partial charge in [-0.2, -0.15) is 0 Å². The Balaban J connectivity index is 1.80. The summed E-state index contributed by atoms with van der Waals surface area (Å²) in [4.78, 5) is 17.3. The van der Waals surface area contributed by atoms with Gasteiger partial charge in [0.2, 0.25) is 0 Å². The van der Waals surface area contributed by atoms with Crippen LogP contribution in [0.1, 0.15) is 18.1 Å². The van der Waals surface area contributed by atoms with E-state index >= 15 is 0 Å². The Morgan fingerprint density at radius 3 is 2.84 bits per heavy atom. The molecule has 25 heavy (non-hydrogen) atoms. The van der Waals surface area contributed by atoms with E-state index in [1.165, 1.54) is 11.8 Å². The highest BCUT2D eigenvalue weighted by Gasteiger charge is 2.23. The molecule has 0 bridgehead atoms. The number of halogens is 1. The Kier molecular flexibility index (Phi) is 5.80. The van der Waals surface area contributed by atoms with E-state index in [1.54, 1.807) is 0 Å². The summed E-state index contributed by atoms with van der Waals surface area (Å²) in [5, 5.41) is 3.42. The molecule has 6 heteroatoms. The van der Waals surface area contributed by atoms with E-state index in [2.05, 4.69) is 32.9 Å². The van der Waals surface area contributed by atoms with Crippen LogP contribution < -0.4 is 10.1 Å². The van der Waals surface area contributed by atoms with E-state index in [4.69, 9.17) is 4.74 Å². The molecule has 0 radical (unpaired) electrons. The van der Waals surface area contributed by atoms with Crippen LogP contribution in [0.4, 0.5) is 5.69 Å². The van der Waals surface area contributed by atoms with Crippen LogP contribution in [0, 0.1) is 10.5 Å². The third-order valence-corrected chi connectivity index (χ3v) is 5.19. The Morgan fingerprint density at radius 1 is 1.28 bits per heavy atom. The van der Waals surface area contributed by atoms with Crippen molar-refractivity contribution in [2.45, 2.75) is 13.8 Å². The van der Waals surface area contributed by atoms with Gasteiger partial charge in [-0.25, -0.2) is 4.99 Å². The number of aliphatic imine (C=N–C) groups is 1. The standard InChI is InChI=1S/C19H17IN2O2S/c1-3-24-16-8-7-13(10-15(16)20)11-17-18(23)22-19(25-17)21-14-6-4-5-12(2)9-14/h4-11H,3H2,1-2H3,(H,21,22,23)/b17-11-. The molecule has 1 fully saturated rings. The number of hydrogen-bond acceptors (Lipinski definition) is 4. The maximum absolute atomic E-state index is 12.2. The summed E-state index contributed by atoms with van der Waals surface area (Å²) in [5.74, 6) is 0.732. The molecule has 0 spiro atoms. The lowest BCUT2D eigenvalue weighted by molar-refractivity contribution is -0.115. The van der Waals surface area contributed by atoms with Crippen LogP contribution in [0.3, 0.4) is 0 Å². The second kappa shape index (κ2) is 8.05. The molecule has 3 rings (SSSR count). The first-order chi connectivity index (χ1) is 12.0. The summed E-state index contributed by atoms with van der Waals surface area (Å²) < 4.78 is 6.56. The Labute approximate surface area is 164 Å². The topological polar surface area (TPSA) is 50.7 Å². The van der Waals surface area contributed by atoms with Crippen molar-refractivity contribution in [2.75, 3.05) is 6.61 Å². The van der Waals surface area contributed by atoms with E-state index < -0.39 is 0 Å². The van der Waals surface area contributed by atoms with Gasteiger partial charge in [-0.1, -0.05) is 18.2 Å². The summed E-state index contributed by atoms with van der Waals surface area (Å²) in [5.41, 5.74) is 2.93. The zero-order chi connectivity index (χ0) is 17.8. The van der Waals surface area contributed by atoms with Gasteiger partial charge >= 0.3 is 0 Å². The number of rotatable bonds is 4. The molecule has 0 saturated carbocycles. The molecule has 0 atom stereocenters. The van der Waals surface area contributed by atoms with Gasteiger partial charge in [-0.05, 0) is 89.7 Å². The number of aryl methyl sites for hydroxylation is 1. The van der Waals surface area contributed by atoms with Crippen LogP contribution in [0.5, 0.6) is 5.75 Å². The molecule has 0 unspecified atom stereocenters. The predicted octanol–water partition coefficient (Wildman–Crippen LogP) is 4.89. The van der Waals surface area contributed by atoms with Crippen LogP contribution in [-0.2, 0) is 4.79 Å². The van der Waals surface area contributed by atoms with Crippen LogP contribution in [0.2, 0.25) is 0 Å². The molecule has 2 aromatic rings. The molecular formula is C19H17IN2O2S.